The third-order valence-corrected chi connectivity index (χ3v) is 30.5. The maximum absolute atomic E-state index is 14.2. The second-order valence-corrected chi connectivity index (χ2v) is 42.6. The van der Waals surface area contributed by atoms with Crippen molar-refractivity contribution < 1.29 is 85.8 Å². The molecule has 6 aromatic rings. The number of hydrogen-bond acceptors (Lipinski definition) is 24. The fraction of sp³-hybridized carbons (Fsp3) is 0.646. The minimum Gasteiger partial charge on any atom is -0.467 e. The van der Waals surface area contributed by atoms with Gasteiger partial charge in [-0.3, -0.25) is 56.9 Å². The molecule has 9 heterocycles. The first-order valence-corrected chi connectivity index (χ1v) is 48.0. The van der Waals surface area contributed by atoms with Crippen molar-refractivity contribution in [3.63, 3.8) is 0 Å². The molecule has 12 aliphatic rings. The van der Waals surface area contributed by atoms with Gasteiger partial charge in [0.15, 0.2) is 0 Å². The summed E-state index contributed by atoms with van der Waals surface area (Å²) in [6.07, 6.45) is 17.1. The van der Waals surface area contributed by atoms with Crippen molar-refractivity contribution in [2.24, 2.45) is 87.3 Å². The van der Waals surface area contributed by atoms with Gasteiger partial charge in [0, 0.05) is 48.9 Å². The van der Waals surface area contributed by atoms with Gasteiger partial charge in [0.1, 0.15) is 54.7 Å². The lowest BCUT2D eigenvalue weighted by molar-refractivity contribution is -0.160. The summed E-state index contributed by atoms with van der Waals surface area (Å²) in [6, 6.07) is 14.8. The SMILES string of the molecule is COC(=O)[C@@H]1C[C@@H]2CN1C(=O)[C@H](C(C)(C)C)CC(=O)O[C@@H]1C[C@@H]3C[C@@H]3[C@H]1CC/C=C/Cn1c(nc3cc(Cl)ccc3c1=O)O2.COC(=O)[C@@H]1C[C@@H]2CN1C(=O)[C@H](C(C)(C)C)CC(=O)O[C@@H]1C[C@@H]3C[C@@H]3[C@H]1CCCCCn1c(nc3cc(Cl)ccc3c1=O)O2.COC(=O)[C@@H]1C[C@@H]2CN1C(=O)[C@H](C(C)(C)C)CC(=O)O[C@@H]1C[C@@H]3C[C@@H]3[C@H]1CCCCCn1c(nc3ccccc3c1=O)O2. The first kappa shape index (κ1) is 94.2. The van der Waals surface area contributed by atoms with Crippen molar-refractivity contribution in [3.8, 4) is 18.0 Å². The number of para-hydroxylation sites is 1. The van der Waals surface area contributed by atoms with Crippen LogP contribution < -0.4 is 30.9 Å². The lowest BCUT2D eigenvalue weighted by Crippen LogP contribution is -2.48. The van der Waals surface area contributed by atoms with Crippen LogP contribution >= 0.6 is 23.2 Å². The number of rotatable bonds is 3. The highest BCUT2D eigenvalue weighted by Crippen LogP contribution is 2.60. The number of aromatic nitrogens is 6. The molecule has 0 N–H and O–H groups in total. The molecule has 32 heteroatoms. The van der Waals surface area contributed by atoms with Crippen LogP contribution in [-0.2, 0) is 91.2 Å². The van der Waals surface area contributed by atoms with Gasteiger partial charge >= 0.3 is 35.8 Å². The van der Waals surface area contributed by atoms with Gasteiger partial charge in [-0.2, -0.15) is 15.0 Å². The standard InChI is InChI=1S/C33H42ClN3O7.C33H40ClN3O7.C33H43N3O7/c2*1-33(2,3)24-16-28(38)44-27-13-18-12-23(18)21(27)8-6-5-7-11-36-29(39)22-10-9-19(34)14-25(22)35-32(36)43-20-15-26(31(41)42-4)37(17-20)30(24)40;1-33(2,3)24-17-28(37)43-27-15-19-14-23(19)21(27)10-6-5-9-13-35-29(38)22-11-7-8-12-25(22)34-32(35)42-20-16-26(31(40)41-4)36(18-20)30(24)39/h9-10,14,18,20-21,23-24,26-27H,5-8,11-13,15-17H2,1-4H3;5,7,9-10,14,18,20-21,23-24,26-27H,6,8,11-13,15-17H2,1-4H3;7-8,11-12,19-21,23-24,26-27H,5-6,9-10,13-18H2,1-4H3/b;7-5+;/t2*18-,20+,21+,23-,24+,26-,27+;19-,20+,21+,23-,24+,26-,27+/m000/s1. The zero-order chi connectivity index (χ0) is 93.1. The van der Waals surface area contributed by atoms with Crippen LogP contribution in [0.1, 0.15) is 204 Å². The van der Waals surface area contributed by atoms with Gasteiger partial charge in [0.2, 0.25) is 17.7 Å². The van der Waals surface area contributed by atoms with E-state index in [2.05, 4.69) is 11.1 Å². The molecule has 3 amide bonds. The minimum atomic E-state index is -0.915. The average Bonchev–Trinajstić information content (AvgIpc) is 1.60. The molecular formula is C99H125Cl2N9O21. The molecule has 3 aromatic heterocycles. The Bertz CT molecular complexity index is 5610. The number of halogens is 2. The third kappa shape index (κ3) is 20.6. The zero-order valence-electron chi connectivity index (χ0n) is 77.2. The average molecular weight is 1850 g/mol. The Balaban J connectivity index is 0.000000144. The Morgan fingerprint density at radius 2 is 0.725 bits per heavy atom. The number of allylic oxidation sites excluding steroid dienone is 2. The van der Waals surface area contributed by atoms with Crippen molar-refractivity contribution in [1.82, 2.24) is 43.4 Å². The van der Waals surface area contributed by atoms with E-state index in [0.29, 0.717) is 103 Å². The van der Waals surface area contributed by atoms with E-state index in [-0.39, 0.29) is 159 Å². The van der Waals surface area contributed by atoms with Crippen LogP contribution in [0.3, 0.4) is 0 Å². The van der Waals surface area contributed by atoms with Gasteiger partial charge < -0.3 is 57.3 Å². The molecule has 0 spiro atoms. The van der Waals surface area contributed by atoms with E-state index < -0.39 is 88.3 Å². The topological polar surface area (TPSA) is 351 Å². The van der Waals surface area contributed by atoms with Gasteiger partial charge in [-0.15, -0.1) is 0 Å². The lowest BCUT2D eigenvalue weighted by Gasteiger charge is -2.34. The molecule has 6 bridgehead atoms. The number of benzene rings is 3. The minimum absolute atomic E-state index is 0.0530. The Morgan fingerprint density at radius 3 is 1.10 bits per heavy atom. The molecule has 0 radical (unpaired) electrons. The summed E-state index contributed by atoms with van der Waals surface area (Å²) >= 11 is 12.4. The third-order valence-electron chi connectivity index (χ3n) is 30.0. The number of fused-ring (bicyclic) bond motifs is 21. The molecule has 18 rings (SSSR count). The molecule has 6 aliphatic heterocycles. The summed E-state index contributed by atoms with van der Waals surface area (Å²) in [5.74, 6) is -1.33. The maximum atomic E-state index is 14.2. The smallest absolute Gasteiger partial charge is 0.328 e. The molecular weight excluding hydrogens is 1720 g/mol. The molecule has 9 fully saturated rings. The quantitative estimate of drug-likeness (QED) is 0.0902. The summed E-state index contributed by atoms with van der Waals surface area (Å²) < 4.78 is 57.2. The van der Waals surface area contributed by atoms with Gasteiger partial charge in [-0.05, 0) is 195 Å². The first-order chi connectivity index (χ1) is 62.4. The number of hydrogen-bond donors (Lipinski definition) is 0. The number of ether oxygens (including phenoxy) is 9. The number of carbonyl (C=O) groups is 9. The Hall–Kier alpha value is -9.97. The van der Waals surface area contributed by atoms with Crippen molar-refractivity contribution in [2.75, 3.05) is 41.0 Å². The highest BCUT2D eigenvalue weighted by molar-refractivity contribution is 6.31. The van der Waals surface area contributed by atoms with Crippen molar-refractivity contribution in [2.45, 2.75) is 278 Å². The normalized spacial score (nSPS) is 31.5. The number of nitrogens with zero attached hydrogens (tertiary/aromatic N) is 9. The van der Waals surface area contributed by atoms with E-state index in [9.17, 15) is 57.5 Å². The number of carbonyl (C=O) groups excluding carboxylic acids is 9. The zero-order valence-corrected chi connectivity index (χ0v) is 78.7. The molecule has 706 valence electrons. The fourth-order valence-corrected chi connectivity index (χ4v) is 22.9. The second-order valence-electron chi connectivity index (χ2n) is 41.7. The molecule has 3 saturated heterocycles. The van der Waals surface area contributed by atoms with Crippen LogP contribution in [0.15, 0.2) is 87.2 Å². The largest absolute Gasteiger partial charge is 0.467 e. The van der Waals surface area contributed by atoms with Crippen molar-refractivity contribution in [1.29, 1.82) is 0 Å². The van der Waals surface area contributed by atoms with Gasteiger partial charge in [-0.1, -0.05) is 135 Å². The van der Waals surface area contributed by atoms with E-state index in [0.717, 1.165) is 83.5 Å². The summed E-state index contributed by atoms with van der Waals surface area (Å²) in [5, 5.41) is 2.27. The fourth-order valence-electron chi connectivity index (χ4n) is 22.6. The number of methoxy groups -OCH3 is 3. The first-order valence-electron chi connectivity index (χ1n) is 47.2. The molecule has 131 heavy (non-hydrogen) atoms. The van der Waals surface area contributed by atoms with E-state index in [1.54, 1.807) is 57.7 Å². The molecule has 6 saturated carbocycles. The molecule has 0 unspecified atom stereocenters. The van der Waals surface area contributed by atoms with Crippen molar-refractivity contribution >= 4 is 109 Å². The molecule has 21 atom stereocenters. The van der Waals surface area contributed by atoms with Gasteiger partial charge in [-0.25, -0.2) is 14.4 Å². The van der Waals surface area contributed by atoms with Crippen LogP contribution in [0.4, 0.5) is 0 Å². The van der Waals surface area contributed by atoms with Crippen LogP contribution in [0.25, 0.3) is 32.7 Å². The number of amides is 3. The highest BCUT2D eigenvalue weighted by atomic mass is 35.5. The summed E-state index contributed by atoms with van der Waals surface area (Å²) in [6.45, 7) is 18.6. The van der Waals surface area contributed by atoms with Crippen LogP contribution in [0.2, 0.25) is 10.0 Å². The monoisotopic (exact) mass is 1850 g/mol. The predicted octanol–water partition coefficient (Wildman–Crippen LogP) is 13.4. The van der Waals surface area contributed by atoms with Gasteiger partial charge in [0.25, 0.3) is 34.7 Å². The highest BCUT2D eigenvalue weighted by Gasteiger charge is 2.59. The lowest BCUT2D eigenvalue weighted by atomic mass is 9.77. The van der Waals surface area contributed by atoms with E-state index in [1.807, 2.05) is 80.5 Å². The Morgan fingerprint density at radius 1 is 0.382 bits per heavy atom. The van der Waals surface area contributed by atoms with Crippen LogP contribution in [0.5, 0.6) is 18.0 Å². The maximum Gasteiger partial charge on any atom is 0.328 e. The molecule has 6 aliphatic carbocycles. The van der Waals surface area contributed by atoms with Crippen LogP contribution in [0, 0.1) is 87.3 Å². The number of esters is 6. The van der Waals surface area contributed by atoms with Gasteiger partial charge in [0.05, 0.1) is 111 Å². The molecule has 30 nitrogen and oxygen atoms in total. The second kappa shape index (κ2) is 38.6. The summed E-state index contributed by atoms with van der Waals surface area (Å²) in [7, 11) is 3.86. The van der Waals surface area contributed by atoms with E-state index >= 15 is 0 Å². The predicted molar refractivity (Wildman–Crippen MR) is 484 cm³/mol. The Labute approximate surface area is 772 Å². The van der Waals surface area contributed by atoms with E-state index in [4.69, 9.17) is 75.8 Å². The van der Waals surface area contributed by atoms with E-state index in [1.165, 1.54) is 59.9 Å². The Kier molecular flexibility index (Phi) is 27.7. The summed E-state index contributed by atoms with van der Waals surface area (Å²) in [5.41, 5.74) is -1.03. The van der Waals surface area contributed by atoms with Crippen LogP contribution in [-0.4, -0.2) is 193 Å². The van der Waals surface area contributed by atoms with Crippen molar-refractivity contribution in [3.05, 3.63) is 114 Å². The summed E-state index contributed by atoms with van der Waals surface area (Å²) in [4.78, 5) is 181. The molecule has 3 aromatic carbocycles.